The van der Waals surface area contributed by atoms with Gasteiger partial charge in [0.1, 0.15) is 36.6 Å². The Hall–Kier alpha value is -5.10. The number of benzene rings is 2. The minimum atomic E-state index is -5.32. The van der Waals surface area contributed by atoms with Gasteiger partial charge in [-0.1, -0.05) is 23.2 Å². The predicted octanol–water partition coefficient (Wildman–Crippen LogP) is 4.37. The Balaban J connectivity index is 0.937. The summed E-state index contributed by atoms with van der Waals surface area (Å²) in [5.41, 5.74) is 12.1. The molecule has 0 radical (unpaired) electrons. The molecule has 11 rings (SSSR count). The van der Waals surface area contributed by atoms with Gasteiger partial charge >= 0.3 is 15.6 Å². The molecule has 420 valence electrons. The first-order chi connectivity index (χ1) is 37.3. The number of piperidine rings is 2. The summed E-state index contributed by atoms with van der Waals surface area (Å²) in [4.78, 5) is 76.0. The summed E-state index contributed by atoms with van der Waals surface area (Å²) < 4.78 is 95.5. The van der Waals surface area contributed by atoms with Crippen LogP contribution >= 0.6 is 38.8 Å². The second-order valence-corrected chi connectivity index (χ2v) is 22.8. The fourth-order valence-corrected chi connectivity index (χ4v) is 12.9. The molecule has 32 heteroatoms. The first-order valence-electron chi connectivity index (χ1n) is 25.1. The number of hydrogen-bond donors (Lipinski definition) is 6. The van der Waals surface area contributed by atoms with E-state index < -0.39 is 101 Å². The van der Waals surface area contributed by atoms with E-state index in [9.17, 15) is 28.5 Å². The molecule has 6 aromatic rings. The van der Waals surface area contributed by atoms with E-state index in [0.717, 1.165) is 11.4 Å². The number of H-pyrrole nitrogens is 2. The first-order valence-corrected chi connectivity index (χ1v) is 28.8. The lowest BCUT2D eigenvalue weighted by Gasteiger charge is -2.44. The fourth-order valence-electron chi connectivity index (χ4n) is 10.7. The molecule has 0 saturated carbocycles. The number of aromatic nitrogens is 8. The van der Waals surface area contributed by atoms with Crippen molar-refractivity contribution in [2.75, 3.05) is 73.9 Å². The molecule has 28 nitrogen and oxygen atoms in total. The van der Waals surface area contributed by atoms with E-state index in [2.05, 4.69) is 39.7 Å². The first kappa shape index (κ1) is 54.8. The van der Waals surface area contributed by atoms with E-state index >= 15 is 0 Å². The molecule has 2 aromatic carbocycles. The van der Waals surface area contributed by atoms with Crippen LogP contribution in [0.3, 0.4) is 0 Å². The maximum atomic E-state index is 14.6. The summed E-state index contributed by atoms with van der Waals surface area (Å²) in [6.07, 6.45) is -8.69. The number of fused-ring (bicyclic) bond motifs is 4. The molecule has 5 aliphatic rings. The molecule has 2 unspecified atom stereocenters. The molecule has 5 aliphatic heterocycles. The normalized spacial score (nSPS) is 30.5. The van der Waals surface area contributed by atoms with Gasteiger partial charge in [-0.05, 0) is 62.4 Å². The van der Waals surface area contributed by atoms with Crippen LogP contribution in [0.15, 0.2) is 70.8 Å². The van der Waals surface area contributed by atoms with Gasteiger partial charge in [-0.2, -0.15) is 9.97 Å². The Morgan fingerprint density at radius 3 is 1.38 bits per heavy atom. The van der Waals surface area contributed by atoms with E-state index in [1.165, 1.54) is 21.8 Å². The lowest BCUT2D eigenvalue weighted by molar-refractivity contribution is -0.284. The zero-order chi connectivity index (χ0) is 54.7. The van der Waals surface area contributed by atoms with Crippen LogP contribution in [0, 0.1) is 0 Å². The molecule has 9 heterocycles. The zero-order valence-electron chi connectivity index (χ0n) is 41.9. The van der Waals surface area contributed by atoms with E-state index in [-0.39, 0.29) is 73.1 Å². The lowest BCUT2D eigenvalue weighted by atomic mass is 10.0. The molecule has 8 N–H and O–H groups in total. The van der Waals surface area contributed by atoms with Crippen molar-refractivity contribution in [2.45, 2.75) is 100 Å². The maximum Gasteiger partial charge on any atom is 0.472 e. The number of nitrogen functional groups attached to an aromatic ring is 2. The molecule has 0 spiro atoms. The molecule has 78 heavy (non-hydrogen) atoms. The number of nitrogens with one attached hydrogen (secondary N) is 2. The summed E-state index contributed by atoms with van der Waals surface area (Å²) in [5.74, 6) is -3.31. The Bertz CT molecular complexity index is 3140. The Morgan fingerprint density at radius 1 is 0.654 bits per heavy atom. The fraction of sp³-hybridized carbons (Fsp3) is 0.522. The van der Waals surface area contributed by atoms with Gasteiger partial charge < -0.3 is 59.5 Å². The van der Waals surface area contributed by atoms with Crippen molar-refractivity contribution in [1.29, 1.82) is 0 Å². The highest BCUT2D eigenvalue weighted by Crippen LogP contribution is 2.56. The second-order valence-electron chi connectivity index (χ2n) is 19.1. The third-order valence-corrected chi connectivity index (χ3v) is 16.8. The summed E-state index contributed by atoms with van der Waals surface area (Å²) in [7, 11) is -10.6. The third-order valence-electron chi connectivity index (χ3n) is 14.3. The van der Waals surface area contributed by atoms with Gasteiger partial charge in [-0.3, -0.25) is 46.8 Å². The van der Waals surface area contributed by atoms with Crippen LogP contribution in [-0.4, -0.2) is 150 Å². The summed E-state index contributed by atoms with van der Waals surface area (Å²) >= 11 is 12.4. The number of anilines is 4. The number of nitrogens with zero attached hydrogens (tertiary/aromatic N) is 8. The highest BCUT2D eigenvalue weighted by Gasteiger charge is 2.58. The van der Waals surface area contributed by atoms with Crippen LogP contribution in [0.2, 0.25) is 10.0 Å². The average Bonchev–Trinajstić information content (AvgIpc) is 4.33. The van der Waals surface area contributed by atoms with Crippen LogP contribution < -0.4 is 32.4 Å². The van der Waals surface area contributed by atoms with Crippen LogP contribution in [0.5, 0.6) is 0 Å². The molecule has 10 atom stereocenters. The molecule has 0 bridgehead atoms. The largest absolute Gasteiger partial charge is 0.472 e. The van der Waals surface area contributed by atoms with Crippen molar-refractivity contribution in [3.05, 3.63) is 91.9 Å². The Kier molecular flexibility index (Phi) is 15.3. The molecule has 0 amide bonds. The number of rotatable bonds is 12. The number of hydrogen-bond acceptors (Lipinski definition) is 22. The molecule has 4 aromatic heterocycles. The Morgan fingerprint density at radius 2 is 1.03 bits per heavy atom. The monoisotopic (exact) mass is 1160 g/mol. The highest BCUT2D eigenvalue weighted by atomic mass is 35.5. The average molecular weight is 1170 g/mol. The SMILES string of the molecule is CCOC1(O[C@@H]2[C@@H]3OP(=O)(O)OC[C@H]4O[C@@H](n5cnc6c(=O)[nH]c(N)nc65)[C@H](OC5(OCC)CCN(c6ccc(Cl)cc6)CC5)[C@@H]4OP(=O)(O)OC[C@H]3O[C@H]2n2cnc3c(=O)[nH]c(N)nc32)CCN(c2ccc(Cl)cc2)CC1. The summed E-state index contributed by atoms with van der Waals surface area (Å²) in [5, 5.41) is 1.14. The van der Waals surface area contributed by atoms with E-state index in [1.54, 1.807) is 38.1 Å². The van der Waals surface area contributed by atoms with E-state index in [1.807, 2.05) is 24.3 Å². The third kappa shape index (κ3) is 11.1. The van der Waals surface area contributed by atoms with Crippen molar-refractivity contribution in [3.8, 4) is 0 Å². The highest BCUT2D eigenvalue weighted by molar-refractivity contribution is 7.47. The second kappa shape index (κ2) is 21.8. The predicted molar refractivity (Wildman–Crippen MR) is 279 cm³/mol. The number of aromatic amines is 2. The van der Waals surface area contributed by atoms with Crippen molar-refractivity contribution in [1.82, 2.24) is 39.0 Å². The van der Waals surface area contributed by atoms with Crippen molar-refractivity contribution in [2.24, 2.45) is 0 Å². The zero-order valence-corrected chi connectivity index (χ0v) is 45.2. The standard InChI is InChI=1S/C46H56Cl2N12O16P2/c1-3-67-45(13-17-57(18-14-45)27-9-5-25(47)6-10-27)73-35-33-29(71-41(35)59-23-51-31-37(59)53-43(49)55-39(31)61)21-69-78(65,66)76-34-30(22-70-77(63,64)75-33)72-42(60-24-52-32-38(60)54-44(50)56-40(32)62)36(34)74-46(68-4-2)15-19-58(20-16-46)28-11-7-26(48)8-12-28/h5-12,23-24,29-30,33-36,41-42H,3-4,13-22H2,1-2H3,(H,63,64)(H,65,66)(H3,49,53,55,61)(H3,50,54,56,62)/t29-,30-,33-,34-,35-,36-,41-,42-/m1/s1. The van der Waals surface area contributed by atoms with Crippen molar-refractivity contribution >= 4 is 84.4 Å². The topological polar surface area (TPSA) is 353 Å². The quantitative estimate of drug-likeness (QED) is 0.0731. The van der Waals surface area contributed by atoms with Gasteiger partial charge in [0.25, 0.3) is 11.1 Å². The van der Waals surface area contributed by atoms with Gasteiger partial charge in [-0.25, -0.2) is 19.1 Å². The van der Waals surface area contributed by atoms with Crippen LogP contribution in [0.1, 0.15) is 52.0 Å². The number of phosphoric acid groups is 2. The van der Waals surface area contributed by atoms with Gasteiger partial charge in [0, 0.05) is 86.5 Å². The minimum absolute atomic E-state index is 0.0603. The summed E-state index contributed by atoms with van der Waals surface area (Å²) in [6, 6.07) is 14.7. The van der Waals surface area contributed by atoms with Crippen molar-refractivity contribution < 1.29 is 65.4 Å². The number of imidazole rings is 2. The number of nitrogens with two attached hydrogens (primary N) is 2. The molecular weight excluding hydrogens is 1110 g/mol. The van der Waals surface area contributed by atoms with Gasteiger partial charge in [-0.15, -0.1) is 0 Å². The molecule has 5 fully saturated rings. The maximum absolute atomic E-state index is 14.6. The molecule has 5 saturated heterocycles. The van der Waals surface area contributed by atoms with E-state index in [4.69, 9.17) is 81.2 Å². The van der Waals surface area contributed by atoms with Crippen molar-refractivity contribution in [3.63, 3.8) is 0 Å². The number of ether oxygens (including phenoxy) is 6. The minimum Gasteiger partial charge on any atom is -0.371 e. The van der Waals surface area contributed by atoms with Gasteiger partial charge in [0.15, 0.2) is 46.4 Å². The van der Waals surface area contributed by atoms with Gasteiger partial charge in [0.2, 0.25) is 11.9 Å². The lowest BCUT2D eigenvalue weighted by Crippen LogP contribution is -2.53. The number of phosphoric ester groups is 2. The van der Waals surface area contributed by atoms with Crippen LogP contribution in [0.25, 0.3) is 22.3 Å². The van der Waals surface area contributed by atoms with E-state index in [0.29, 0.717) is 36.2 Å². The smallest absolute Gasteiger partial charge is 0.371 e. The molecular formula is C46H56Cl2N12O16P2. The number of halogens is 2. The van der Waals surface area contributed by atoms with Crippen LogP contribution in [-0.2, 0) is 55.6 Å². The molecule has 0 aliphatic carbocycles. The van der Waals surface area contributed by atoms with Gasteiger partial charge in [0.05, 0.1) is 25.9 Å². The summed E-state index contributed by atoms with van der Waals surface area (Å²) in [6.45, 7) is 3.87. The van der Waals surface area contributed by atoms with Crippen LogP contribution in [0.4, 0.5) is 23.3 Å². The Labute approximate surface area is 453 Å².